The van der Waals surface area contributed by atoms with Gasteiger partial charge in [-0.25, -0.2) is 4.79 Å². The molecule has 0 aliphatic heterocycles. The van der Waals surface area contributed by atoms with Gasteiger partial charge < -0.3 is 5.11 Å². The van der Waals surface area contributed by atoms with Crippen molar-refractivity contribution in [3.63, 3.8) is 0 Å². The Morgan fingerprint density at radius 1 is 1.17 bits per heavy atom. The van der Waals surface area contributed by atoms with Crippen LogP contribution in [-0.2, 0) is 16.0 Å². The smallest absolute Gasteiger partial charge is 0.372 e. The van der Waals surface area contributed by atoms with Crippen molar-refractivity contribution in [3.8, 4) is 0 Å². The molecular weight excluding hydrogens is 318 g/mol. The third-order valence-electron chi connectivity index (χ3n) is 3.09. The minimum atomic E-state index is -1.55. The van der Waals surface area contributed by atoms with Gasteiger partial charge in [0, 0.05) is 28.3 Å². The minimum Gasteiger partial charge on any atom is -0.475 e. The van der Waals surface area contributed by atoms with E-state index in [0.29, 0.717) is 10.5 Å². The van der Waals surface area contributed by atoms with Gasteiger partial charge in [-0.2, -0.15) is 0 Å². The second-order valence-electron chi connectivity index (χ2n) is 4.87. The van der Waals surface area contributed by atoms with Gasteiger partial charge in [0.25, 0.3) is 5.69 Å². The molecule has 0 heterocycles. The largest absolute Gasteiger partial charge is 0.475 e. The van der Waals surface area contributed by atoms with Crippen molar-refractivity contribution >= 4 is 29.2 Å². The number of nitro benzene ring substituents is 1. The SMILES string of the molecule is Cc1ccc(Sc2ccc([N+](=O)[O-])cc2CC(=O)C(=O)O)cc1. The highest BCUT2D eigenvalue weighted by Gasteiger charge is 2.18. The zero-order chi connectivity index (χ0) is 17.0. The first-order chi connectivity index (χ1) is 10.9. The average Bonchev–Trinajstić information content (AvgIpc) is 2.50. The molecule has 0 saturated heterocycles. The van der Waals surface area contributed by atoms with Gasteiger partial charge in [-0.1, -0.05) is 29.5 Å². The monoisotopic (exact) mass is 331 g/mol. The number of carbonyl (C=O) groups excluding carboxylic acids is 1. The van der Waals surface area contributed by atoms with Gasteiger partial charge in [0.1, 0.15) is 0 Å². The highest BCUT2D eigenvalue weighted by atomic mass is 32.2. The molecule has 0 aromatic heterocycles. The number of rotatable bonds is 6. The summed E-state index contributed by atoms with van der Waals surface area (Å²) in [4.78, 5) is 34.0. The van der Waals surface area contributed by atoms with Crippen LogP contribution in [0.5, 0.6) is 0 Å². The topological polar surface area (TPSA) is 97.5 Å². The summed E-state index contributed by atoms with van der Waals surface area (Å²) < 4.78 is 0. The van der Waals surface area contributed by atoms with Crippen molar-refractivity contribution < 1.29 is 19.6 Å². The molecular formula is C16H13NO5S. The summed E-state index contributed by atoms with van der Waals surface area (Å²) in [6, 6.07) is 11.8. The molecule has 6 nitrogen and oxygen atoms in total. The highest BCUT2D eigenvalue weighted by Crippen LogP contribution is 2.33. The summed E-state index contributed by atoms with van der Waals surface area (Å²) in [5.74, 6) is -2.56. The van der Waals surface area contributed by atoms with Gasteiger partial charge in [-0.15, -0.1) is 0 Å². The molecule has 0 spiro atoms. The lowest BCUT2D eigenvalue weighted by Crippen LogP contribution is -2.15. The number of aryl methyl sites for hydroxylation is 1. The van der Waals surface area contributed by atoms with Crippen LogP contribution < -0.4 is 0 Å². The normalized spacial score (nSPS) is 10.3. The third-order valence-corrected chi connectivity index (χ3v) is 4.22. The van der Waals surface area contributed by atoms with Crippen molar-refractivity contribution in [1.29, 1.82) is 0 Å². The number of hydrogen-bond donors (Lipinski definition) is 1. The molecule has 118 valence electrons. The van der Waals surface area contributed by atoms with E-state index in [1.165, 1.54) is 30.0 Å². The first-order valence-corrected chi connectivity index (χ1v) is 7.46. The van der Waals surface area contributed by atoms with E-state index >= 15 is 0 Å². The number of Topliss-reactive ketones (excluding diaryl/α,β-unsaturated/α-hetero) is 1. The van der Waals surface area contributed by atoms with E-state index < -0.39 is 16.7 Å². The predicted molar refractivity (Wildman–Crippen MR) is 84.7 cm³/mol. The van der Waals surface area contributed by atoms with Gasteiger partial charge in [0.05, 0.1) is 4.92 Å². The molecule has 0 saturated carbocycles. The van der Waals surface area contributed by atoms with E-state index in [1.54, 1.807) is 0 Å². The first kappa shape index (κ1) is 16.7. The van der Waals surface area contributed by atoms with Crippen LogP contribution in [-0.4, -0.2) is 21.8 Å². The maximum atomic E-state index is 11.5. The third kappa shape index (κ3) is 4.40. The Hall–Kier alpha value is -2.67. The number of carboxylic acid groups (broad SMARTS) is 1. The fourth-order valence-electron chi connectivity index (χ4n) is 1.90. The Labute approximate surface area is 136 Å². The number of benzene rings is 2. The zero-order valence-electron chi connectivity index (χ0n) is 12.2. The molecule has 0 fully saturated rings. The Kier molecular flexibility index (Phi) is 5.13. The molecule has 2 aromatic carbocycles. The number of carbonyl (C=O) groups is 2. The summed E-state index contributed by atoms with van der Waals surface area (Å²) in [5.41, 5.74) is 1.25. The van der Waals surface area contributed by atoms with Gasteiger partial charge in [0.15, 0.2) is 0 Å². The van der Waals surface area contributed by atoms with E-state index in [0.717, 1.165) is 10.5 Å². The van der Waals surface area contributed by atoms with E-state index in [1.807, 2.05) is 31.2 Å². The Morgan fingerprint density at radius 3 is 2.39 bits per heavy atom. The van der Waals surface area contributed by atoms with Crippen LogP contribution in [0.1, 0.15) is 11.1 Å². The molecule has 0 amide bonds. The molecule has 0 radical (unpaired) electrons. The predicted octanol–water partition coefficient (Wildman–Crippen LogP) is 3.25. The van der Waals surface area contributed by atoms with Crippen molar-refractivity contribution in [2.45, 2.75) is 23.1 Å². The van der Waals surface area contributed by atoms with Crippen LogP contribution in [0.25, 0.3) is 0 Å². The van der Waals surface area contributed by atoms with Gasteiger partial charge >= 0.3 is 5.97 Å². The van der Waals surface area contributed by atoms with E-state index in [2.05, 4.69) is 0 Å². The van der Waals surface area contributed by atoms with E-state index in [9.17, 15) is 19.7 Å². The van der Waals surface area contributed by atoms with Crippen molar-refractivity contribution in [1.82, 2.24) is 0 Å². The number of carboxylic acids is 1. The Morgan fingerprint density at radius 2 is 1.83 bits per heavy atom. The number of non-ortho nitro benzene ring substituents is 1. The number of nitro groups is 1. The summed E-state index contributed by atoms with van der Waals surface area (Å²) in [6.07, 6.45) is -0.384. The molecule has 0 aliphatic carbocycles. The standard InChI is InChI=1S/C16H13NO5S/c1-10-2-5-13(6-3-10)23-15-7-4-12(17(21)22)8-11(15)9-14(18)16(19)20/h2-8H,9H2,1H3,(H,19,20). The number of hydrogen-bond acceptors (Lipinski definition) is 5. The Balaban J connectivity index is 2.36. The second kappa shape index (κ2) is 7.06. The summed E-state index contributed by atoms with van der Waals surface area (Å²) in [6.45, 7) is 1.96. The van der Waals surface area contributed by atoms with E-state index in [4.69, 9.17) is 5.11 Å². The number of ketones is 1. The first-order valence-electron chi connectivity index (χ1n) is 6.65. The summed E-state index contributed by atoms with van der Waals surface area (Å²) >= 11 is 1.33. The molecule has 0 bridgehead atoms. The highest BCUT2D eigenvalue weighted by molar-refractivity contribution is 7.99. The summed E-state index contributed by atoms with van der Waals surface area (Å²) in [5, 5.41) is 19.6. The van der Waals surface area contributed by atoms with E-state index in [-0.39, 0.29) is 12.1 Å². The molecule has 0 atom stereocenters. The molecule has 2 rings (SSSR count). The van der Waals surface area contributed by atoms with Crippen molar-refractivity contribution in [2.75, 3.05) is 0 Å². The van der Waals surface area contributed by atoms with Gasteiger partial charge in [-0.3, -0.25) is 14.9 Å². The van der Waals surface area contributed by atoms with Crippen LogP contribution in [0.2, 0.25) is 0 Å². The van der Waals surface area contributed by atoms with Crippen LogP contribution in [0.15, 0.2) is 52.3 Å². The lowest BCUT2D eigenvalue weighted by Gasteiger charge is -2.08. The molecule has 0 aliphatic rings. The van der Waals surface area contributed by atoms with Gasteiger partial charge in [0.2, 0.25) is 5.78 Å². The lowest BCUT2D eigenvalue weighted by atomic mass is 10.1. The van der Waals surface area contributed by atoms with Crippen LogP contribution in [0.3, 0.4) is 0 Å². The molecule has 1 N–H and O–H groups in total. The quantitative estimate of drug-likeness (QED) is 0.496. The van der Waals surface area contributed by atoms with Crippen LogP contribution in [0.4, 0.5) is 5.69 Å². The van der Waals surface area contributed by atoms with Crippen molar-refractivity contribution in [2.24, 2.45) is 0 Å². The zero-order valence-corrected chi connectivity index (χ0v) is 13.0. The molecule has 0 unspecified atom stereocenters. The minimum absolute atomic E-state index is 0.175. The Bertz CT molecular complexity index is 771. The number of nitrogens with zero attached hydrogens (tertiary/aromatic N) is 1. The summed E-state index contributed by atoms with van der Waals surface area (Å²) in [7, 11) is 0. The van der Waals surface area contributed by atoms with Crippen LogP contribution >= 0.6 is 11.8 Å². The van der Waals surface area contributed by atoms with Crippen molar-refractivity contribution in [3.05, 3.63) is 63.7 Å². The maximum absolute atomic E-state index is 11.5. The molecule has 7 heteroatoms. The average molecular weight is 331 g/mol. The molecule has 23 heavy (non-hydrogen) atoms. The second-order valence-corrected chi connectivity index (χ2v) is 5.98. The molecule has 2 aromatic rings. The fourth-order valence-corrected chi connectivity index (χ4v) is 2.82. The number of aliphatic carboxylic acids is 1. The fraction of sp³-hybridized carbons (Fsp3) is 0.125. The lowest BCUT2D eigenvalue weighted by molar-refractivity contribution is -0.385. The van der Waals surface area contributed by atoms with Gasteiger partial charge in [-0.05, 0) is 30.7 Å². The van der Waals surface area contributed by atoms with Crippen LogP contribution in [0, 0.1) is 17.0 Å². The maximum Gasteiger partial charge on any atom is 0.372 e.